The zero-order valence-corrected chi connectivity index (χ0v) is 11.9. The van der Waals surface area contributed by atoms with Crippen molar-refractivity contribution < 1.29 is 9.53 Å². The molecule has 18 heavy (non-hydrogen) atoms. The number of nitrogens with one attached hydrogen (secondary N) is 1. The molecule has 0 saturated heterocycles. The number of benzene rings is 1. The van der Waals surface area contributed by atoms with E-state index in [1.165, 1.54) is 12.7 Å². The van der Waals surface area contributed by atoms with Crippen LogP contribution in [-0.4, -0.2) is 25.7 Å². The predicted molar refractivity (Wildman–Crippen MR) is 74.0 cm³/mol. The smallest absolute Gasteiger partial charge is 0.307 e. The predicted octanol–water partition coefficient (Wildman–Crippen LogP) is 2.73. The third kappa shape index (κ3) is 4.67. The molecule has 1 aromatic rings. The van der Waals surface area contributed by atoms with E-state index in [-0.39, 0.29) is 12.0 Å². The van der Waals surface area contributed by atoms with Gasteiger partial charge >= 0.3 is 5.97 Å². The van der Waals surface area contributed by atoms with Crippen LogP contribution >= 0.6 is 11.6 Å². The van der Waals surface area contributed by atoms with Crippen LogP contribution < -0.4 is 5.32 Å². The normalized spacial score (nSPS) is 12.2. The van der Waals surface area contributed by atoms with Gasteiger partial charge in [-0.25, -0.2) is 0 Å². The monoisotopic (exact) mass is 269 g/mol. The molecule has 0 fully saturated rings. The first-order valence-electron chi connectivity index (χ1n) is 6.12. The number of aryl methyl sites for hydroxylation is 1. The Kier molecular flexibility index (Phi) is 6.16. The molecule has 3 nitrogen and oxygen atoms in total. The summed E-state index contributed by atoms with van der Waals surface area (Å²) < 4.78 is 4.71. The molecule has 0 heterocycles. The summed E-state index contributed by atoms with van der Waals surface area (Å²) in [4.78, 5) is 11.3. The SMILES string of the molecule is CCNC(CC(=O)OC)Cc1ccc(Cl)c(C)c1. The molecular weight excluding hydrogens is 250 g/mol. The van der Waals surface area contributed by atoms with Crippen molar-refractivity contribution in [3.05, 3.63) is 34.3 Å². The van der Waals surface area contributed by atoms with Gasteiger partial charge in [0, 0.05) is 11.1 Å². The molecule has 0 aliphatic heterocycles. The van der Waals surface area contributed by atoms with Gasteiger partial charge in [0.1, 0.15) is 0 Å². The van der Waals surface area contributed by atoms with Gasteiger partial charge in [-0.2, -0.15) is 0 Å². The number of carbonyl (C=O) groups excluding carboxylic acids is 1. The first kappa shape index (κ1) is 15.0. The highest BCUT2D eigenvalue weighted by molar-refractivity contribution is 6.31. The van der Waals surface area contributed by atoms with E-state index in [1.54, 1.807) is 0 Å². The van der Waals surface area contributed by atoms with Crippen molar-refractivity contribution in [2.45, 2.75) is 32.7 Å². The Hall–Kier alpha value is -1.06. The van der Waals surface area contributed by atoms with Crippen LogP contribution in [0, 0.1) is 6.92 Å². The number of carbonyl (C=O) groups is 1. The average Bonchev–Trinajstić information content (AvgIpc) is 2.34. The van der Waals surface area contributed by atoms with E-state index in [2.05, 4.69) is 11.4 Å². The molecule has 1 unspecified atom stereocenters. The van der Waals surface area contributed by atoms with E-state index in [1.807, 2.05) is 26.0 Å². The molecule has 1 aromatic carbocycles. The molecule has 1 atom stereocenters. The van der Waals surface area contributed by atoms with Crippen LogP contribution in [0.1, 0.15) is 24.5 Å². The molecule has 4 heteroatoms. The van der Waals surface area contributed by atoms with Crippen LogP contribution in [0.25, 0.3) is 0 Å². The van der Waals surface area contributed by atoms with E-state index in [9.17, 15) is 4.79 Å². The molecule has 0 bridgehead atoms. The Morgan fingerprint density at radius 2 is 2.22 bits per heavy atom. The summed E-state index contributed by atoms with van der Waals surface area (Å²) in [7, 11) is 1.41. The van der Waals surface area contributed by atoms with Crippen molar-refractivity contribution in [1.82, 2.24) is 5.32 Å². The summed E-state index contributed by atoms with van der Waals surface area (Å²) in [6.07, 6.45) is 1.17. The molecule has 0 aromatic heterocycles. The number of hydrogen-bond acceptors (Lipinski definition) is 3. The van der Waals surface area contributed by atoms with Crippen LogP contribution in [0.2, 0.25) is 5.02 Å². The number of halogens is 1. The van der Waals surface area contributed by atoms with E-state index < -0.39 is 0 Å². The molecule has 0 aliphatic rings. The van der Waals surface area contributed by atoms with Gasteiger partial charge in [0.2, 0.25) is 0 Å². The lowest BCUT2D eigenvalue weighted by Gasteiger charge is -2.17. The maximum Gasteiger partial charge on any atom is 0.307 e. The lowest BCUT2D eigenvalue weighted by Crippen LogP contribution is -2.33. The van der Waals surface area contributed by atoms with Crippen molar-refractivity contribution in [2.24, 2.45) is 0 Å². The maximum absolute atomic E-state index is 11.3. The molecule has 100 valence electrons. The number of ether oxygens (including phenoxy) is 1. The highest BCUT2D eigenvalue weighted by Crippen LogP contribution is 2.17. The second-order valence-corrected chi connectivity index (χ2v) is 4.73. The zero-order valence-electron chi connectivity index (χ0n) is 11.1. The largest absolute Gasteiger partial charge is 0.469 e. The fourth-order valence-corrected chi connectivity index (χ4v) is 2.03. The van der Waals surface area contributed by atoms with Gasteiger partial charge < -0.3 is 10.1 Å². The Balaban J connectivity index is 2.69. The molecular formula is C14H20ClNO2. The topological polar surface area (TPSA) is 38.3 Å². The summed E-state index contributed by atoms with van der Waals surface area (Å²) in [5.74, 6) is -0.188. The molecule has 1 rings (SSSR count). The van der Waals surface area contributed by atoms with E-state index in [0.29, 0.717) is 6.42 Å². The summed E-state index contributed by atoms with van der Waals surface area (Å²) in [6, 6.07) is 6.05. The first-order chi connectivity index (χ1) is 8.56. The Morgan fingerprint density at radius 3 is 2.78 bits per heavy atom. The minimum Gasteiger partial charge on any atom is -0.469 e. The molecule has 0 amide bonds. The van der Waals surface area contributed by atoms with Gasteiger partial charge in [0.05, 0.1) is 13.5 Å². The van der Waals surface area contributed by atoms with Gasteiger partial charge in [-0.05, 0) is 37.1 Å². The maximum atomic E-state index is 11.3. The van der Waals surface area contributed by atoms with Gasteiger partial charge in [0.15, 0.2) is 0 Å². The van der Waals surface area contributed by atoms with E-state index in [0.717, 1.165) is 23.6 Å². The number of rotatable bonds is 6. The Bertz CT molecular complexity index is 407. The molecule has 0 saturated carbocycles. The van der Waals surface area contributed by atoms with Crippen LogP contribution in [0.5, 0.6) is 0 Å². The second kappa shape index (κ2) is 7.39. The van der Waals surface area contributed by atoms with Crippen molar-refractivity contribution >= 4 is 17.6 Å². The molecule has 1 N–H and O–H groups in total. The van der Waals surface area contributed by atoms with Gasteiger partial charge in [-0.15, -0.1) is 0 Å². The minimum atomic E-state index is -0.188. The summed E-state index contributed by atoms with van der Waals surface area (Å²) in [5, 5.41) is 4.07. The molecule has 0 spiro atoms. The van der Waals surface area contributed by atoms with Crippen LogP contribution in [-0.2, 0) is 16.0 Å². The van der Waals surface area contributed by atoms with Gasteiger partial charge in [-0.3, -0.25) is 4.79 Å². The van der Waals surface area contributed by atoms with Crippen molar-refractivity contribution in [3.63, 3.8) is 0 Å². The second-order valence-electron chi connectivity index (χ2n) is 4.32. The van der Waals surface area contributed by atoms with Crippen molar-refractivity contribution in [3.8, 4) is 0 Å². The summed E-state index contributed by atoms with van der Waals surface area (Å²) >= 11 is 6.00. The lowest BCUT2D eigenvalue weighted by molar-refractivity contribution is -0.141. The number of hydrogen-bond donors (Lipinski definition) is 1. The summed E-state index contributed by atoms with van der Waals surface area (Å²) in [6.45, 7) is 4.83. The lowest BCUT2D eigenvalue weighted by atomic mass is 10.0. The highest BCUT2D eigenvalue weighted by atomic mass is 35.5. The first-order valence-corrected chi connectivity index (χ1v) is 6.49. The molecule has 0 aliphatic carbocycles. The van der Waals surface area contributed by atoms with Crippen LogP contribution in [0.3, 0.4) is 0 Å². The third-order valence-electron chi connectivity index (χ3n) is 2.84. The zero-order chi connectivity index (χ0) is 13.5. The average molecular weight is 270 g/mol. The Morgan fingerprint density at radius 1 is 1.50 bits per heavy atom. The van der Waals surface area contributed by atoms with Crippen LogP contribution in [0.15, 0.2) is 18.2 Å². The van der Waals surface area contributed by atoms with Crippen molar-refractivity contribution in [2.75, 3.05) is 13.7 Å². The number of esters is 1. The molecule has 0 radical (unpaired) electrons. The third-order valence-corrected chi connectivity index (χ3v) is 3.26. The number of likely N-dealkylation sites (N-methyl/N-ethyl adjacent to an activating group) is 1. The number of methoxy groups -OCH3 is 1. The van der Waals surface area contributed by atoms with Crippen molar-refractivity contribution in [1.29, 1.82) is 0 Å². The minimum absolute atomic E-state index is 0.100. The van der Waals surface area contributed by atoms with Gasteiger partial charge in [0.25, 0.3) is 0 Å². The van der Waals surface area contributed by atoms with E-state index >= 15 is 0 Å². The fraction of sp³-hybridized carbons (Fsp3) is 0.500. The Labute approximate surface area is 113 Å². The summed E-state index contributed by atoms with van der Waals surface area (Å²) in [5.41, 5.74) is 2.23. The van der Waals surface area contributed by atoms with Gasteiger partial charge in [-0.1, -0.05) is 30.7 Å². The fourth-order valence-electron chi connectivity index (χ4n) is 1.91. The highest BCUT2D eigenvalue weighted by Gasteiger charge is 2.14. The van der Waals surface area contributed by atoms with E-state index in [4.69, 9.17) is 16.3 Å². The standard InChI is InChI=1S/C14H20ClNO2/c1-4-16-12(9-14(17)18-3)8-11-5-6-13(15)10(2)7-11/h5-7,12,16H,4,8-9H2,1-3H3. The quantitative estimate of drug-likeness (QED) is 0.807. The van der Waals surface area contributed by atoms with Crippen LogP contribution in [0.4, 0.5) is 0 Å².